The number of aryl methyl sites for hydroxylation is 1. The second-order valence-corrected chi connectivity index (χ2v) is 5.74. The molecule has 0 bridgehead atoms. The Kier molecular flexibility index (Phi) is 3.87. The van der Waals surface area contributed by atoms with Crippen LogP contribution in [0.25, 0.3) is 0 Å². The zero-order chi connectivity index (χ0) is 13.9. The molecule has 2 aromatic rings. The van der Waals surface area contributed by atoms with Crippen LogP contribution in [-0.4, -0.2) is 23.5 Å². The van der Waals surface area contributed by atoms with E-state index in [1.54, 1.807) is 18.2 Å². The summed E-state index contributed by atoms with van der Waals surface area (Å²) in [7, 11) is -3.64. The summed E-state index contributed by atoms with van der Waals surface area (Å²) in [5.74, 6) is 0.673. The molecular formula is C12H15N3O3S. The standard InChI is InChI=1S/C12H15N3O3S/c1-2-11-13-8-12(15-11)19(17,18)14-7-9-5-3-4-6-10(9)16/h3-6,8,14,16H,2,7H2,1H3,(H,13,15). The van der Waals surface area contributed by atoms with Crippen LogP contribution in [0.2, 0.25) is 0 Å². The van der Waals surface area contributed by atoms with E-state index in [0.717, 1.165) is 0 Å². The first-order valence-corrected chi connectivity index (χ1v) is 7.31. The minimum atomic E-state index is -3.64. The quantitative estimate of drug-likeness (QED) is 0.766. The number of nitrogens with zero attached hydrogens (tertiary/aromatic N) is 1. The molecule has 0 fully saturated rings. The summed E-state index contributed by atoms with van der Waals surface area (Å²) in [5.41, 5.74) is 0.515. The van der Waals surface area contributed by atoms with E-state index >= 15 is 0 Å². The van der Waals surface area contributed by atoms with Gasteiger partial charge in [-0.25, -0.2) is 18.1 Å². The fraction of sp³-hybridized carbons (Fsp3) is 0.250. The number of hydrogen-bond acceptors (Lipinski definition) is 4. The Labute approximate surface area is 111 Å². The van der Waals surface area contributed by atoms with Crippen molar-refractivity contribution >= 4 is 10.0 Å². The number of aromatic nitrogens is 2. The van der Waals surface area contributed by atoms with E-state index in [1.807, 2.05) is 6.92 Å². The van der Waals surface area contributed by atoms with Gasteiger partial charge in [0.05, 0.1) is 6.20 Å². The van der Waals surface area contributed by atoms with Crippen LogP contribution in [0.1, 0.15) is 18.3 Å². The third-order valence-corrected chi connectivity index (χ3v) is 3.98. The van der Waals surface area contributed by atoms with Gasteiger partial charge in [-0.15, -0.1) is 0 Å². The van der Waals surface area contributed by atoms with E-state index in [2.05, 4.69) is 14.7 Å². The molecule has 0 amide bonds. The molecule has 0 saturated carbocycles. The monoisotopic (exact) mass is 281 g/mol. The molecule has 6 nitrogen and oxygen atoms in total. The Balaban J connectivity index is 2.12. The number of H-pyrrole nitrogens is 1. The van der Waals surface area contributed by atoms with E-state index in [1.165, 1.54) is 12.3 Å². The van der Waals surface area contributed by atoms with E-state index in [4.69, 9.17) is 0 Å². The highest BCUT2D eigenvalue weighted by atomic mass is 32.2. The van der Waals surface area contributed by atoms with Crippen molar-refractivity contribution < 1.29 is 13.5 Å². The summed E-state index contributed by atoms with van der Waals surface area (Å²) >= 11 is 0. The van der Waals surface area contributed by atoms with Crippen molar-refractivity contribution in [1.29, 1.82) is 0 Å². The van der Waals surface area contributed by atoms with Crippen molar-refractivity contribution in [3.05, 3.63) is 41.9 Å². The number of hydrogen-bond donors (Lipinski definition) is 3. The smallest absolute Gasteiger partial charge is 0.257 e. The molecule has 0 aliphatic heterocycles. The van der Waals surface area contributed by atoms with Crippen LogP contribution in [-0.2, 0) is 23.0 Å². The van der Waals surface area contributed by atoms with Crippen LogP contribution >= 0.6 is 0 Å². The van der Waals surface area contributed by atoms with Crippen molar-refractivity contribution in [1.82, 2.24) is 14.7 Å². The van der Waals surface area contributed by atoms with Gasteiger partial charge in [-0.05, 0) is 6.07 Å². The van der Waals surface area contributed by atoms with Gasteiger partial charge >= 0.3 is 0 Å². The first kappa shape index (κ1) is 13.6. The Hall–Kier alpha value is -1.86. The lowest BCUT2D eigenvalue weighted by Crippen LogP contribution is -2.23. The molecule has 102 valence electrons. The summed E-state index contributed by atoms with van der Waals surface area (Å²) in [5, 5.41) is 9.59. The minimum absolute atomic E-state index is 0.0233. The average molecular weight is 281 g/mol. The van der Waals surface area contributed by atoms with Gasteiger partial charge in [-0.3, -0.25) is 0 Å². The molecule has 3 N–H and O–H groups in total. The molecule has 0 radical (unpaired) electrons. The van der Waals surface area contributed by atoms with Crippen molar-refractivity contribution in [3.8, 4) is 5.75 Å². The SMILES string of the molecule is CCc1ncc(S(=O)(=O)NCc2ccccc2O)[nH]1. The molecule has 0 aliphatic rings. The third kappa shape index (κ3) is 3.12. The Morgan fingerprint density at radius 1 is 1.37 bits per heavy atom. The number of phenols is 1. The van der Waals surface area contributed by atoms with Crippen molar-refractivity contribution in [2.75, 3.05) is 0 Å². The molecular weight excluding hydrogens is 266 g/mol. The van der Waals surface area contributed by atoms with Gasteiger partial charge in [-0.2, -0.15) is 0 Å². The number of benzene rings is 1. The number of aromatic hydroxyl groups is 1. The summed E-state index contributed by atoms with van der Waals surface area (Å²) in [6.45, 7) is 1.90. The fourth-order valence-electron chi connectivity index (χ4n) is 1.57. The summed E-state index contributed by atoms with van der Waals surface area (Å²) < 4.78 is 26.4. The van der Waals surface area contributed by atoms with Gasteiger partial charge < -0.3 is 10.1 Å². The molecule has 19 heavy (non-hydrogen) atoms. The van der Waals surface area contributed by atoms with E-state index < -0.39 is 10.0 Å². The van der Waals surface area contributed by atoms with Crippen molar-refractivity contribution in [2.24, 2.45) is 0 Å². The van der Waals surface area contributed by atoms with Gasteiger partial charge in [-0.1, -0.05) is 25.1 Å². The lowest BCUT2D eigenvalue weighted by Gasteiger charge is -2.06. The van der Waals surface area contributed by atoms with Crippen LogP contribution in [0.15, 0.2) is 35.5 Å². The maximum absolute atomic E-state index is 12.0. The molecule has 1 aromatic heterocycles. The normalized spacial score (nSPS) is 11.6. The average Bonchev–Trinajstić information content (AvgIpc) is 2.87. The van der Waals surface area contributed by atoms with E-state index in [0.29, 0.717) is 17.8 Å². The van der Waals surface area contributed by atoms with Crippen LogP contribution in [0.5, 0.6) is 5.75 Å². The van der Waals surface area contributed by atoms with Gasteiger partial charge in [0.2, 0.25) is 0 Å². The Bertz CT molecular complexity index is 664. The van der Waals surface area contributed by atoms with Gasteiger partial charge in [0.25, 0.3) is 10.0 Å². The maximum Gasteiger partial charge on any atom is 0.257 e. The number of rotatable bonds is 5. The molecule has 0 aliphatic carbocycles. The predicted molar refractivity (Wildman–Crippen MR) is 70.1 cm³/mol. The molecule has 0 atom stereocenters. The topological polar surface area (TPSA) is 95.1 Å². The van der Waals surface area contributed by atoms with Gasteiger partial charge in [0, 0.05) is 18.5 Å². The highest BCUT2D eigenvalue weighted by molar-refractivity contribution is 7.89. The number of imidazole rings is 1. The minimum Gasteiger partial charge on any atom is -0.508 e. The van der Waals surface area contributed by atoms with Gasteiger partial charge in [0.1, 0.15) is 11.6 Å². The number of para-hydroxylation sites is 1. The highest BCUT2D eigenvalue weighted by Gasteiger charge is 2.17. The van der Waals surface area contributed by atoms with Crippen LogP contribution in [0.4, 0.5) is 0 Å². The molecule has 0 saturated heterocycles. The van der Waals surface area contributed by atoms with Crippen molar-refractivity contribution in [3.63, 3.8) is 0 Å². The number of aromatic amines is 1. The predicted octanol–water partition coefficient (Wildman–Crippen LogP) is 1.16. The molecule has 7 heteroatoms. The maximum atomic E-state index is 12.0. The first-order chi connectivity index (χ1) is 9.03. The largest absolute Gasteiger partial charge is 0.508 e. The lowest BCUT2D eigenvalue weighted by molar-refractivity contribution is 0.467. The second kappa shape index (κ2) is 5.41. The van der Waals surface area contributed by atoms with Crippen LogP contribution in [0, 0.1) is 0 Å². The number of phenolic OH excluding ortho intramolecular Hbond substituents is 1. The number of sulfonamides is 1. The summed E-state index contributed by atoms with van der Waals surface area (Å²) in [6.07, 6.45) is 1.92. The Morgan fingerprint density at radius 3 is 2.74 bits per heavy atom. The zero-order valence-corrected chi connectivity index (χ0v) is 11.2. The highest BCUT2D eigenvalue weighted by Crippen LogP contribution is 2.16. The van der Waals surface area contributed by atoms with E-state index in [-0.39, 0.29) is 17.3 Å². The molecule has 1 heterocycles. The van der Waals surface area contributed by atoms with Crippen molar-refractivity contribution in [2.45, 2.75) is 24.9 Å². The first-order valence-electron chi connectivity index (χ1n) is 5.83. The lowest BCUT2D eigenvalue weighted by atomic mass is 10.2. The number of nitrogens with one attached hydrogen (secondary N) is 2. The fourth-order valence-corrected chi connectivity index (χ4v) is 2.52. The molecule has 0 spiro atoms. The van der Waals surface area contributed by atoms with E-state index in [9.17, 15) is 13.5 Å². The summed E-state index contributed by atoms with van der Waals surface area (Å²) in [6, 6.07) is 6.57. The van der Waals surface area contributed by atoms with Crippen LogP contribution in [0.3, 0.4) is 0 Å². The second-order valence-electron chi connectivity index (χ2n) is 4.00. The molecule has 2 rings (SSSR count). The molecule has 1 aromatic carbocycles. The third-order valence-electron chi connectivity index (χ3n) is 2.67. The Morgan fingerprint density at radius 2 is 2.11 bits per heavy atom. The van der Waals surface area contributed by atoms with Crippen LogP contribution < -0.4 is 4.72 Å². The molecule has 0 unspecified atom stereocenters. The zero-order valence-electron chi connectivity index (χ0n) is 10.4. The summed E-state index contributed by atoms with van der Waals surface area (Å²) in [4.78, 5) is 6.68. The van der Waals surface area contributed by atoms with Gasteiger partial charge in [0.15, 0.2) is 5.03 Å².